The van der Waals surface area contributed by atoms with Gasteiger partial charge in [-0.15, -0.1) is 0 Å². The van der Waals surface area contributed by atoms with Crippen molar-refractivity contribution in [1.82, 2.24) is 10.2 Å². The molecule has 1 aliphatic heterocycles. The summed E-state index contributed by atoms with van der Waals surface area (Å²) in [7, 11) is 1.83. The van der Waals surface area contributed by atoms with Crippen LogP contribution in [0.15, 0.2) is 0 Å². The summed E-state index contributed by atoms with van der Waals surface area (Å²) >= 11 is 0. The molecule has 0 spiro atoms. The molecule has 1 N–H and O–H groups in total. The Balaban J connectivity index is 1.79. The number of hydrogen-bond donors (Lipinski definition) is 1. The van der Waals surface area contributed by atoms with Gasteiger partial charge in [0.05, 0.1) is 12.0 Å². The summed E-state index contributed by atoms with van der Waals surface area (Å²) in [4.78, 5) is 2.12. The van der Waals surface area contributed by atoms with Crippen LogP contribution in [0.3, 0.4) is 0 Å². The van der Waals surface area contributed by atoms with E-state index in [-0.39, 0.29) is 12.8 Å². The molecule has 1 saturated heterocycles. The highest BCUT2D eigenvalue weighted by Gasteiger charge is 2.43. The molecule has 0 radical (unpaired) electrons. The first-order chi connectivity index (χ1) is 9.91. The van der Waals surface area contributed by atoms with Gasteiger partial charge in [0.15, 0.2) is 0 Å². The predicted octanol–water partition coefficient (Wildman–Crippen LogP) is 2.93. The van der Waals surface area contributed by atoms with Gasteiger partial charge in [0.25, 0.3) is 0 Å². The molecule has 0 aromatic carbocycles. The van der Waals surface area contributed by atoms with E-state index >= 15 is 0 Å². The van der Waals surface area contributed by atoms with Gasteiger partial charge in [-0.2, -0.15) is 18.4 Å². The molecule has 0 aromatic rings. The van der Waals surface area contributed by atoms with E-state index in [0.717, 1.165) is 32.2 Å². The molecular weight excluding hydrogens is 279 g/mol. The standard InChI is InChI=1S/C15H24F3N3/c1-20-14(11-19)7-2-3-12(14)4-8-21-9-5-13(6-10-21)15(16,17)18/h12-13,20H,2-10H2,1H3. The highest BCUT2D eigenvalue weighted by atomic mass is 19.4. The van der Waals surface area contributed by atoms with Crippen molar-refractivity contribution in [2.45, 2.75) is 50.2 Å². The Morgan fingerprint density at radius 3 is 2.48 bits per heavy atom. The van der Waals surface area contributed by atoms with Crippen LogP contribution in [0.4, 0.5) is 13.2 Å². The van der Waals surface area contributed by atoms with Crippen LogP contribution in [0, 0.1) is 23.2 Å². The number of halogens is 3. The normalized spacial score (nSPS) is 32.2. The Kier molecular flexibility index (Phi) is 5.15. The first kappa shape index (κ1) is 16.6. The number of likely N-dealkylation sites (tertiary alicyclic amines) is 1. The molecule has 2 rings (SSSR count). The van der Waals surface area contributed by atoms with Gasteiger partial charge in [-0.05, 0) is 64.7 Å². The van der Waals surface area contributed by atoms with Crippen molar-refractivity contribution in [3.05, 3.63) is 0 Å². The summed E-state index contributed by atoms with van der Waals surface area (Å²) in [6.45, 7) is 1.85. The molecule has 0 aromatic heterocycles. The molecule has 1 saturated carbocycles. The molecule has 1 heterocycles. The summed E-state index contributed by atoms with van der Waals surface area (Å²) in [6, 6.07) is 2.41. The van der Waals surface area contributed by atoms with Crippen molar-refractivity contribution < 1.29 is 13.2 Å². The molecule has 2 fully saturated rings. The monoisotopic (exact) mass is 303 g/mol. The second-order valence-corrected chi connectivity index (χ2v) is 6.37. The third-order valence-electron chi connectivity index (χ3n) is 5.31. The van der Waals surface area contributed by atoms with E-state index in [2.05, 4.69) is 16.3 Å². The summed E-state index contributed by atoms with van der Waals surface area (Å²) in [6.07, 6.45) is 0.237. The van der Waals surface area contributed by atoms with E-state index in [4.69, 9.17) is 0 Å². The van der Waals surface area contributed by atoms with Gasteiger partial charge >= 0.3 is 6.18 Å². The zero-order chi connectivity index (χ0) is 15.5. The fourth-order valence-electron chi connectivity index (χ4n) is 3.82. The Morgan fingerprint density at radius 2 is 1.95 bits per heavy atom. The minimum atomic E-state index is -4.04. The molecule has 0 amide bonds. The molecule has 2 aliphatic rings. The number of nitrogens with zero attached hydrogens (tertiary/aromatic N) is 2. The van der Waals surface area contributed by atoms with Crippen molar-refractivity contribution >= 4 is 0 Å². The zero-order valence-electron chi connectivity index (χ0n) is 12.5. The molecule has 2 atom stereocenters. The van der Waals surface area contributed by atoms with Gasteiger partial charge in [0, 0.05) is 0 Å². The van der Waals surface area contributed by atoms with Crippen LogP contribution in [0.2, 0.25) is 0 Å². The molecule has 120 valence electrons. The Morgan fingerprint density at radius 1 is 1.29 bits per heavy atom. The molecule has 0 bridgehead atoms. The summed E-state index contributed by atoms with van der Waals surface area (Å²) in [5.74, 6) is -0.816. The number of nitriles is 1. The Bertz CT molecular complexity index is 383. The third kappa shape index (κ3) is 3.70. The van der Waals surface area contributed by atoms with Gasteiger partial charge in [0.2, 0.25) is 0 Å². The number of piperidine rings is 1. The van der Waals surface area contributed by atoms with Crippen LogP contribution in [-0.2, 0) is 0 Å². The van der Waals surface area contributed by atoms with E-state index < -0.39 is 17.6 Å². The summed E-state index contributed by atoms with van der Waals surface area (Å²) < 4.78 is 37.9. The van der Waals surface area contributed by atoms with Gasteiger partial charge in [-0.3, -0.25) is 0 Å². The maximum atomic E-state index is 12.6. The third-order valence-corrected chi connectivity index (χ3v) is 5.31. The van der Waals surface area contributed by atoms with E-state index in [0.29, 0.717) is 19.0 Å². The lowest BCUT2D eigenvalue weighted by Gasteiger charge is -2.35. The first-order valence-corrected chi connectivity index (χ1v) is 7.80. The molecular formula is C15H24F3N3. The maximum absolute atomic E-state index is 12.6. The van der Waals surface area contributed by atoms with E-state index in [1.807, 2.05) is 7.05 Å². The second kappa shape index (κ2) is 6.53. The van der Waals surface area contributed by atoms with Crippen molar-refractivity contribution in [3.8, 4) is 6.07 Å². The maximum Gasteiger partial charge on any atom is 0.391 e. The summed E-state index contributed by atoms with van der Waals surface area (Å²) in [5, 5.41) is 12.6. The van der Waals surface area contributed by atoms with Crippen molar-refractivity contribution in [2.24, 2.45) is 11.8 Å². The van der Waals surface area contributed by atoms with Crippen molar-refractivity contribution in [3.63, 3.8) is 0 Å². The average molecular weight is 303 g/mol. The van der Waals surface area contributed by atoms with Crippen LogP contribution in [-0.4, -0.2) is 43.3 Å². The highest BCUT2D eigenvalue weighted by molar-refractivity contribution is 5.13. The average Bonchev–Trinajstić information content (AvgIpc) is 2.88. The minimum Gasteiger partial charge on any atom is -0.303 e. The molecule has 3 nitrogen and oxygen atoms in total. The Labute approximate surface area is 124 Å². The lowest BCUT2D eigenvalue weighted by Crippen LogP contribution is -2.46. The SMILES string of the molecule is CNC1(C#N)CCCC1CCN1CCC(C(F)(F)F)CC1. The molecule has 1 aliphatic carbocycles. The molecule has 21 heavy (non-hydrogen) atoms. The summed E-state index contributed by atoms with van der Waals surface area (Å²) in [5.41, 5.74) is -0.426. The number of hydrogen-bond acceptors (Lipinski definition) is 3. The largest absolute Gasteiger partial charge is 0.391 e. The number of rotatable bonds is 4. The smallest absolute Gasteiger partial charge is 0.303 e. The fourth-order valence-corrected chi connectivity index (χ4v) is 3.82. The number of nitrogens with one attached hydrogen (secondary N) is 1. The van der Waals surface area contributed by atoms with Crippen LogP contribution >= 0.6 is 0 Å². The Hall–Kier alpha value is -0.800. The quantitative estimate of drug-likeness (QED) is 0.868. The van der Waals surface area contributed by atoms with Crippen molar-refractivity contribution in [2.75, 3.05) is 26.7 Å². The van der Waals surface area contributed by atoms with Gasteiger partial charge in [0.1, 0.15) is 5.54 Å². The van der Waals surface area contributed by atoms with E-state index in [9.17, 15) is 18.4 Å². The van der Waals surface area contributed by atoms with Crippen molar-refractivity contribution in [1.29, 1.82) is 5.26 Å². The zero-order valence-corrected chi connectivity index (χ0v) is 12.5. The highest BCUT2D eigenvalue weighted by Crippen LogP contribution is 2.38. The van der Waals surface area contributed by atoms with E-state index in [1.54, 1.807) is 0 Å². The van der Waals surface area contributed by atoms with Gasteiger partial charge < -0.3 is 10.2 Å². The minimum absolute atomic E-state index is 0.212. The second-order valence-electron chi connectivity index (χ2n) is 6.37. The molecule has 2 unspecified atom stereocenters. The lowest BCUT2D eigenvalue weighted by molar-refractivity contribution is -0.185. The van der Waals surface area contributed by atoms with Crippen LogP contribution in [0.5, 0.6) is 0 Å². The number of alkyl halides is 3. The predicted molar refractivity (Wildman–Crippen MR) is 74.6 cm³/mol. The fraction of sp³-hybridized carbons (Fsp3) is 0.933. The topological polar surface area (TPSA) is 39.1 Å². The molecule has 6 heteroatoms. The van der Waals surface area contributed by atoms with Gasteiger partial charge in [-0.25, -0.2) is 0 Å². The lowest BCUT2D eigenvalue weighted by atomic mass is 9.85. The first-order valence-electron chi connectivity index (χ1n) is 7.80. The van der Waals surface area contributed by atoms with E-state index in [1.165, 1.54) is 0 Å². The van der Waals surface area contributed by atoms with Crippen LogP contribution in [0.1, 0.15) is 38.5 Å². The van der Waals surface area contributed by atoms with Crippen LogP contribution < -0.4 is 5.32 Å². The van der Waals surface area contributed by atoms with Crippen LogP contribution in [0.25, 0.3) is 0 Å². The van der Waals surface area contributed by atoms with Gasteiger partial charge in [-0.1, -0.05) is 6.42 Å².